The maximum absolute atomic E-state index is 12.5. The third-order valence-corrected chi connectivity index (χ3v) is 3.36. The van der Waals surface area contributed by atoms with Crippen LogP contribution in [0.5, 0.6) is 0 Å². The van der Waals surface area contributed by atoms with Crippen LogP contribution in [0, 0.1) is 0 Å². The van der Waals surface area contributed by atoms with Crippen LogP contribution in [0.2, 0.25) is 0 Å². The molecule has 106 valence electrons. The van der Waals surface area contributed by atoms with Crippen molar-refractivity contribution in [3.63, 3.8) is 0 Å². The maximum atomic E-state index is 12.5. The maximum Gasteiger partial charge on any atom is 0.283 e. The molecule has 0 saturated carbocycles. The second-order valence-corrected chi connectivity index (χ2v) is 4.81. The lowest BCUT2D eigenvalue weighted by Crippen LogP contribution is -2.51. The van der Waals surface area contributed by atoms with Crippen LogP contribution in [0.15, 0.2) is 28.8 Å². The first-order valence-corrected chi connectivity index (χ1v) is 6.42. The smallest absolute Gasteiger partial charge is 0.283 e. The second-order valence-electron chi connectivity index (χ2n) is 4.81. The van der Waals surface area contributed by atoms with Crippen LogP contribution in [-0.2, 0) is 9.59 Å². The highest BCUT2D eigenvalue weighted by Gasteiger charge is 2.29. The van der Waals surface area contributed by atoms with Crippen LogP contribution in [0.25, 0.3) is 11.8 Å². The van der Waals surface area contributed by atoms with Gasteiger partial charge in [0.1, 0.15) is 6.04 Å². The molecule has 7 nitrogen and oxygen atoms in total. The number of aromatic nitrogens is 2. The number of hydrogen-bond acceptors (Lipinski definition) is 5. The van der Waals surface area contributed by atoms with Crippen molar-refractivity contribution < 1.29 is 9.59 Å². The lowest BCUT2D eigenvalue weighted by Gasteiger charge is -2.21. The molecule has 2 amide bonds. The van der Waals surface area contributed by atoms with E-state index in [9.17, 15) is 14.4 Å². The molecule has 2 heterocycles. The zero-order valence-electron chi connectivity index (χ0n) is 11.0. The lowest BCUT2D eigenvalue weighted by atomic mass is 10.1. The minimum Gasteiger partial charge on any atom is -0.399 e. The van der Waals surface area contributed by atoms with E-state index in [2.05, 4.69) is 16.1 Å². The van der Waals surface area contributed by atoms with Gasteiger partial charge in [-0.15, -0.1) is 5.73 Å². The predicted molar refractivity (Wildman–Crippen MR) is 73.9 cm³/mol. The highest BCUT2D eigenvalue weighted by Crippen LogP contribution is 2.14. The summed E-state index contributed by atoms with van der Waals surface area (Å²) in [5.74, 6) is -0.851. The largest absolute Gasteiger partial charge is 0.399 e. The summed E-state index contributed by atoms with van der Waals surface area (Å²) in [6.45, 7) is 0. The zero-order valence-corrected chi connectivity index (χ0v) is 11.0. The Morgan fingerprint density at radius 2 is 2.19 bits per heavy atom. The van der Waals surface area contributed by atoms with Crippen LogP contribution >= 0.6 is 0 Å². The van der Waals surface area contributed by atoms with Gasteiger partial charge in [0.25, 0.3) is 11.5 Å². The molecule has 21 heavy (non-hydrogen) atoms. The standard InChI is InChI=1S/C14H12N4O3/c15-9-2-1-3-10-8(6-9)7-16-18(14(10)21)11-4-5-12(19)17-13(11)20/h1-2,6-7,11H,4-5,15H2,(H,17,19,20). The van der Waals surface area contributed by atoms with Gasteiger partial charge in [-0.3, -0.25) is 19.7 Å². The third kappa shape index (κ3) is 2.30. The van der Waals surface area contributed by atoms with Crippen molar-refractivity contribution in [2.75, 3.05) is 0 Å². The molecule has 1 aliphatic carbocycles. The number of nitrogens with one attached hydrogen (secondary N) is 1. The number of nitrogens with two attached hydrogens (primary N) is 1. The summed E-state index contributed by atoms with van der Waals surface area (Å²) in [5, 5.41) is 7.09. The number of allylic oxidation sites excluding steroid dienone is 3. The molecule has 1 fully saturated rings. The Bertz CT molecular complexity index is 888. The van der Waals surface area contributed by atoms with E-state index in [1.54, 1.807) is 18.2 Å². The van der Waals surface area contributed by atoms with Crippen LogP contribution < -0.4 is 27.0 Å². The van der Waals surface area contributed by atoms with Gasteiger partial charge in [-0.2, -0.15) is 5.10 Å². The number of amides is 2. The highest BCUT2D eigenvalue weighted by atomic mass is 16.2. The minimum absolute atomic E-state index is 0.182. The Kier molecular flexibility index (Phi) is 3.04. The van der Waals surface area contributed by atoms with Crippen molar-refractivity contribution >= 4 is 23.6 Å². The van der Waals surface area contributed by atoms with Gasteiger partial charge >= 0.3 is 0 Å². The fraction of sp³-hybridized carbons (Fsp3) is 0.214. The quantitative estimate of drug-likeness (QED) is 0.569. The van der Waals surface area contributed by atoms with Crippen LogP contribution in [0.3, 0.4) is 0 Å². The zero-order chi connectivity index (χ0) is 15.0. The average Bonchev–Trinajstić information content (AvgIpc) is 2.62. The van der Waals surface area contributed by atoms with E-state index >= 15 is 0 Å². The SMILES string of the molecule is NC1=CC=C=c2c(cnn(C3CCC(=O)NC3=O)c2=O)=C1. The first-order valence-electron chi connectivity index (χ1n) is 6.42. The summed E-state index contributed by atoms with van der Waals surface area (Å²) in [4.78, 5) is 35.5. The van der Waals surface area contributed by atoms with E-state index < -0.39 is 17.5 Å². The summed E-state index contributed by atoms with van der Waals surface area (Å²) >= 11 is 0. The highest BCUT2D eigenvalue weighted by molar-refractivity contribution is 5.99. The molecule has 3 rings (SSSR count). The van der Waals surface area contributed by atoms with E-state index in [-0.39, 0.29) is 18.7 Å². The molecule has 0 bridgehead atoms. The van der Waals surface area contributed by atoms with Gasteiger partial charge in [0.15, 0.2) is 0 Å². The number of piperidine rings is 1. The van der Waals surface area contributed by atoms with Crippen LogP contribution in [0.4, 0.5) is 0 Å². The molecule has 1 aromatic heterocycles. The van der Waals surface area contributed by atoms with Crippen molar-refractivity contribution in [2.45, 2.75) is 18.9 Å². The fourth-order valence-electron chi connectivity index (χ4n) is 2.32. The van der Waals surface area contributed by atoms with Gasteiger partial charge in [-0.05, 0) is 24.6 Å². The van der Waals surface area contributed by atoms with E-state index in [0.29, 0.717) is 16.1 Å². The summed E-state index contributed by atoms with van der Waals surface area (Å²) in [6.07, 6.45) is 6.69. The second kappa shape index (κ2) is 4.88. The molecule has 1 atom stereocenters. The fourth-order valence-corrected chi connectivity index (χ4v) is 2.32. The molecule has 3 N–H and O–H groups in total. The average molecular weight is 284 g/mol. The van der Waals surface area contributed by atoms with Crippen molar-refractivity contribution in [1.82, 2.24) is 15.1 Å². The Hall–Kier alpha value is -2.92. The molecule has 7 heteroatoms. The number of carbonyl (C=O) groups excluding carboxylic acids is 2. The third-order valence-electron chi connectivity index (χ3n) is 3.36. The number of imide groups is 1. The summed E-state index contributed by atoms with van der Waals surface area (Å²) in [6, 6.07) is -0.782. The van der Waals surface area contributed by atoms with E-state index in [1.165, 1.54) is 6.20 Å². The van der Waals surface area contributed by atoms with Gasteiger partial charge in [-0.1, -0.05) is 0 Å². The molecule has 1 saturated heterocycles. The molecule has 1 aromatic rings. The first-order chi connectivity index (χ1) is 10.1. The van der Waals surface area contributed by atoms with Gasteiger partial charge < -0.3 is 5.73 Å². The lowest BCUT2D eigenvalue weighted by molar-refractivity contribution is -0.136. The van der Waals surface area contributed by atoms with Crippen molar-refractivity contribution in [3.05, 3.63) is 44.8 Å². The number of fused-ring (bicyclic) bond motifs is 1. The Morgan fingerprint density at radius 3 is 2.95 bits per heavy atom. The molecular formula is C14H12N4O3. The summed E-state index contributed by atoms with van der Waals surface area (Å²) in [5.41, 5.74) is 8.61. The van der Waals surface area contributed by atoms with Crippen molar-refractivity contribution in [1.29, 1.82) is 0 Å². The topological polar surface area (TPSA) is 107 Å². The molecule has 1 aliphatic heterocycles. The Morgan fingerprint density at radius 1 is 1.38 bits per heavy atom. The van der Waals surface area contributed by atoms with E-state index in [4.69, 9.17) is 5.73 Å². The molecule has 0 radical (unpaired) electrons. The normalized spacial score (nSPS) is 20.6. The van der Waals surface area contributed by atoms with Gasteiger partial charge in [0.2, 0.25) is 5.91 Å². The summed E-state index contributed by atoms with van der Waals surface area (Å²) in [7, 11) is 0. The van der Waals surface area contributed by atoms with E-state index in [0.717, 1.165) is 4.68 Å². The van der Waals surface area contributed by atoms with Crippen molar-refractivity contribution in [3.8, 4) is 0 Å². The van der Waals surface area contributed by atoms with Gasteiger partial charge in [0.05, 0.1) is 11.4 Å². The summed E-state index contributed by atoms with van der Waals surface area (Å²) < 4.78 is 1.09. The number of hydrogen-bond donors (Lipinski definition) is 2. The first kappa shape index (κ1) is 13.1. The number of carbonyl (C=O) groups is 2. The molecular weight excluding hydrogens is 272 g/mol. The van der Waals surface area contributed by atoms with Crippen molar-refractivity contribution in [2.24, 2.45) is 5.73 Å². The van der Waals surface area contributed by atoms with Crippen LogP contribution in [-0.4, -0.2) is 21.6 Å². The molecule has 0 aromatic carbocycles. The number of rotatable bonds is 1. The Balaban J connectivity index is 2.17. The van der Waals surface area contributed by atoms with Gasteiger partial charge in [0, 0.05) is 17.3 Å². The van der Waals surface area contributed by atoms with Gasteiger partial charge in [-0.25, -0.2) is 4.68 Å². The van der Waals surface area contributed by atoms with Crippen LogP contribution in [0.1, 0.15) is 18.9 Å². The molecule has 0 spiro atoms. The predicted octanol–water partition coefficient (Wildman–Crippen LogP) is -2.21. The monoisotopic (exact) mass is 284 g/mol. The molecule has 1 unspecified atom stereocenters. The molecule has 2 aliphatic rings. The number of nitrogens with zero attached hydrogens (tertiary/aromatic N) is 2. The minimum atomic E-state index is -0.782. The Labute approximate surface area is 118 Å². The van der Waals surface area contributed by atoms with E-state index in [1.807, 2.05) is 0 Å².